The molecule has 4 aromatic rings. The number of rotatable bonds is 7. The van der Waals surface area contributed by atoms with Gasteiger partial charge in [0.25, 0.3) is 0 Å². The molecule has 174 valence electrons. The molecule has 0 saturated heterocycles. The molecule has 1 amide bonds. The zero-order valence-electron chi connectivity index (χ0n) is 19.2. The number of nitrogens with one attached hydrogen (secondary N) is 1. The second-order valence-electron chi connectivity index (χ2n) is 8.40. The average molecular weight is 458 g/mol. The predicted octanol–water partition coefficient (Wildman–Crippen LogP) is 3.50. The number of H-pyrrole nitrogens is 1. The second-order valence-corrected chi connectivity index (χ2v) is 8.40. The van der Waals surface area contributed by atoms with Crippen molar-refractivity contribution in [2.75, 3.05) is 13.2 Å². The summed E-state index contributed by atoms with van der Waals surface area (Å²) >= 11 is 0. The molecule has 8 heteroatoms. The highest BCUT2D eigenvalue weighted by Gasteiger charge is 2.30. The summed E-state index contributed by atoms with van der Waals surface area (Å²) in [6, 6.07) is 13.8. The Morgan fingerprint density at radius 2 is 2.00 bits per heavy atom. The van der Waals surface area contributed by atoms with E-state index >= 15 is 0 Å². The summed E-state index contributed by atoms with van der Waals surface area (Å²) in [5.74, 6) is -0.380. The number of hydrogen-bond acceptors (Lipinski definition) is 5. The van der Waals surface area contributed by atoms with Crippen molar-refractivity contribution in [1.29, 1.82) is 0 Å². The van der Waals surface area contributed by atoms with Gasteiger partial charge in [0.15, 0.2) is 5.69 Å². The molecule has 0 radical (unpaired) electrons. The van der Waals surface area contributed by atoms with E-state index in [1.807, 2.05) is 52.2 Å². The van der Waals surface area contributed by atoms with Gasteiger partial charge >= 0.3 is 5.97 Å². The van der Waals surface area contributed by atoms with Gasteiger partial charge < -0.3 is 14.6 Å². The highest BCUT2D eigenvalue weighted by molar-refractivity contribution is 5.90. The lowest BCUT2D eigenvalue weighted by Crippen LogP contribution is -2.37. The third-order valence-electron chi connectivity index (χ3n) is 6.28. The molecule has 1 aliphatic rings. The van der Waals surface area contributed by atoms with Crippen molar-refractivity contribution < 1.29 is 14.3 Å². The summed E-state index contributed by atoms with van der Waals surface area (Å²) in [5.41, 5.74) is 5.11. The SMILES string of the molecule is CCOC(=O)c1nn(Cc2ccccn2)c2c1CN(C(=O)CCc1c[nH]c3ccccc13)CC2. The Labute approximate surface area is 197 Å². The van der Waals surface area contributed by atoms with Crippen molar-refractivity contribution in [3.63, 3.8) is 0 Å². The third kappa shape index (κ3) is 4.31. The van der Waals surface area contributed by atoms with Crippen LogP contribution in [0.15, 0.2) is 54.9 Å². The summed E-state index contributed by atoms with van der Waals surface area (Å²) in [5, 5.41) is 5.73. The number of carbonyl (C=O) groups is 2. The van der Waals surface area contributed by atoms with E-state index in [2.05, 4.69) is 21.1 Å². The smallest absolute Gasteiger partial charge is 0.359 e. The second kappa shape index (κ2) is 9.51. The number of aryl methyl sites for hydroxylation is 1. The standard InChI is InChI=1S/C26H27N5O3/c1-2-34-26(33)25-21-17-30(14-12-23(21)31(29-25)16-19-7-5-6-13-27-19)24(32)11-10-18-15-28-22-9-4-3-8-20(18)22/h3-9,13,15,28H,2,10-12,14,16-17H2,1H3. The number of carbonyl (C=O) groups excluding carboxylic acids is 2. The first-order chi connectivity index (χ1) is 16.6. The molecule has 0 fully saturated rings. The Morgan fingerprint density at radius 3 is 2.82 bits per heavy atom. The van der Waals surface area contributed by atoms with E-state index in [1.165, 1.54) is 0 Å². The first-order valence-electron chi connectivity index (χ1n) is 11.6. The van der Waals surface area contributed by atoms with Crippen molar-refractivity contribution >= 4 is 22.8 Å². The monoisotopic (exact) mass is 457 g/mol. The van der Waals surface area contributed by atoms with Crippen molar-refractivity contribution in [1.82, 2.24) is 24.6 Å². The molecule has 0 aliphatic carbocycles. The van der Waals surface area contributed by atoms with E-state index in [4.69, 9.17) is 4.74 Å². The number of ether oxygens (including phenoxy) is 1. The molecule has 5 rings (SSSR count). The van der Waals surface area contributed by atoms with Crippen LogP contribution in [0.25, 0.3) is 10.9 Å². The van der Waals surface area contributed by atoms with Gasteiger partial charge in [-0.3, -0.25) is 14.5 Å². The Hall–Kier alpha value is -3.94. The Balaban J connectivity index is 1.34. The number of aromatic nitrogens is 4. The van der Waals surface area contributed by atoms with Gasteiger partial charge in [-0.05, 0) is 37.1 Å². The van der Waals surface area contributed by atoms with Crippen LogP contribution in [0, 0.1) is 0 Å². The van der Waals surface area contributed by atoms with E-state index in [0.717, 1.165) is 33.4 Å². The van der Waals surface area contributed by atoms with Crippen LogP contribution in [0.5, 0.6) is 0 Å². The molecule has 0 unspecified atom stereocenters. The van der Waals surface area contributed by atoms with E-state index in [1.54, 1.807) is 13.1 Å². The van der Waals surface area contributed by atoms with Gasteiger partial charge in [0.2, 0.25) is 5.91 Å². The lowest BCUT2D eigenvalue weighted by atomic mass is 10.0. The molecule has 1 aliphatic heterocycles. The fourth-order valence-electron chi connectivity index (χ4n) is 4.58. The molecule has 1 aromatic carbocycles. The van der Waals surface area contributed by atoms with Crippen LogP contribution in [-0.4, -0.2) is 49.7 Å². The highest BCUT2D eigenvalue weighted by atomic mass is 16.5. The minimum atomic E-state index is -0.452. The van der Waals surface area contributed by atoms with Gasteiger partial charge in [0, 0.05) is 60.5 Å². The van der Waals surface area contributed by atoms with Crippen LogP contribution in [0.4, 0.5) is 0 Å². The first kappa shape index (κ1) is 21.9. The van der Waals surface area contributed by atoms with Crippen LogP contribution < -0.4 is 0 Å². The van der Waals surface area contributed by atoms with Gasteiger partial charge in [0.1, 0.15) is 0 Å². The van der Waals surface area contributed by atoms with Crippen molar-refractivity contribution in [2.24, 2.45) is 0 Å². The van der Waals surface area contributed by atoms with Crippen LogP contribution in [0.3, 0.4) is 0 Å². The number of benzene rings is 1. The van der Waals surface area contributed by atoms with Crippen LogP contribution in [-0.2, 0) is 35.5 Å². The minimum absolute atomic E-state index is 0.0724. The number of nitrogens with zero attached hydrogens (tertiary/aromatic N) is 4. The van der Waals surface area contributed by atoms with Gasteiger partial charge in [-0.1, -0.05) is 24.3 Å². The van der Waals surface area contributed by atoms with Gasteiger partial charge in [0.05, 0.1) is 18.8 Å². The fraction of sp³-hybridized carbons (Fsp3) is 0.308. The maximum absolute atomic E-state index is 13.1. The Morgan fingerprint density at radius 1 is 1.15 bits per heavy atom. The van der Waals surface area contributed by atoms with E-state index in [0.29, 0.717) is 44.6 Å². The average Bonchev–Trinajstić information content (AvgIpc) is 3.44. The number of amides is 1. The zero-order chi connectivity index (χ0) is 23.5. The number of fused-ring (bicyclic) bond motifs is 2. The molecular formula is C26H27N5O3. The summed E-state index contributed by atoms with van der Waals surface area (Å²) in [6.45, 7) is 3.47. The molecular weight excluding hydrogens is 430 g/mol. The Kier molecular flexibility index (Phi) is 6.12. The third-order valence-corrected chi connectivity index (χ3v) is 6.28. The van der Waals surface area contributed by atoms with Crippen molar-refractivity contribution in [3.05, 3.63) is 83.1 Å². The summed E-state index contributed by atoms with van der Waals surface area (Å²) in [7, 11) is 0. The Bertz CT molecular complexity index is 1320. The number of aromatic amines is 1. The van der Waals surface area contributed by atoms with E-state index in [9.17, 15) is 9.59 Å². The lowest BCUT2D eigenvalue weighted by Gasteiger charge is -2.28. The summed E-state index contributed by atoms with van der Waals surface area (Å²) in [4.78, 5) is 35.2. The number of esters is 1. The van der Waals surface area contributed by atoms with Gasteiger partial charge in [-0.15, -0.1) is 0 Å². The van der Waals surface area contributed by atoms with Gasteiger partial charge in [-0.2, -0.15) is 5.10 Å². The predicted molar refractivity (Wildman–Crippen MR) is 127 cm³/mol. The lowest BCUT2D eigenvalue weighted by molar-refractivity contribution is -0.132. The molecule has 1 N–H and O–H groups in total. The molecule has 0 saturated carbocycles. The maximum Gasteiger partial charge on any atom is 0.359 e. The fourth-order valence-corrected chi connectivity index (χ4v) is 4.58. The van der Waals surface area contributed by atoms with Crippen LogP contribution in [0.2, 0.25) is 0 Å². The number of para-hydroxylation sites is 1. The molecule has 4 heterocycles. The highest BCUT2D eigenvalue weighted by Crippen LogP contribution is 2.26. The van der Waals surface area contributed by atoms with Crippen LogP contribution in [0.1, 0.15) is 46.3 Å². The molecule has 8 nitrogen and oxygen atoms in total. The molecule has 0 bridgehead atoms. The molecule has 0 spiro atoms. The molecule has 3 aromatic heterocycles. The molecule has 0 atom stereocenters. The first-order valence-corrected chi connectivity index (χ1v) is 11.6. The number of pyridine rings is 1. The summed E-state index contributed by atoms with van der Waals surface area (Å²) < 4.78 is 7.08. The normalized spacial score (nSPS) is 13.1. The topological polar surface area (TPSA) is 93.1 Å². The number of hydrogen-bond donors (Lipinski definition) is 1. The van der Waals surface area contributed by atoms with E-state index in [-0.39, 0.29) is 12.5 Å². The molecule has 34 heavy (non-hydrogen) atoms. The maximum atomic E-state index is 13.1. The quantitative estimate of drug-likeness (QED) is 0.429. The van der Waals surface area contributed by atoms with Crippen molar-refractivity contribution in [3.8, 4) is 0 Å². The van der Waals surface area contributed by atoms with Crippen LogP contribution >= 0.6 is 0 Å². The zero-order valence-corrected chi connectivity index (χ0v) is 19.2. The summed E-state index contributed by atoms with van der Waals surface area (Å²) in [6.07, 6.45) is 5.43. The van der Waals surface area contributed by atoms with Crippen molar-refractivity contribution in [2.45, 2.75) is 39.3 Å². The van der Waals surface area contributed by atoms with E-state index < -0.39 is 5.97 Å². The minimum Gasteiger partial charge on any atom is -0.461 e. The largest absolute Gasteiger partial charge is 0.461 e. The van der Waals surface area contributed by atoms with Gasteiger partial charge in [-0.25, -0.2) is 4.79 Å².